The van der Waals surface area contributed by atoms with Gasteiger partial charge in [0, 0.05) is 25.2 Å². The molecule has 1 unspecified atom stereocenters. The van der Waals surface area contributed by atoms with E-state index in [2.05, 4.69) is 31.4 Å². The van der Waals surface area contributed by atoms with E-state index in [9.17, 15) is 9.90 Å². The molecule has 0 aromatic heterocycles. The van der Waals surface area contributed by atoms with Crippen LogP contribution < -0.4 is 10.6 Å². The summed E-state index contributed by atoms with van der Waals surface area (Å²) >= 11 is 0. The van der Waals surface area contributed by atoms with E-state index in [1.54, 1.807) is 0 Å². The number of hydrogen-bond acceptors (Lipinski definition) is 3. The van der Waals surface area contributed by atoms with Gasteiger partial charge in [0.15, 0.2) is 0 Å². The molecule has 4 heteroatoms. The van der Waals surface area contributed by atoms with Gasteiger partial charge in [-0.15, -0.1) is 0 Å². The molecule has 2 rings (SSSR count). The summed E-state index contributed by atoms with van der Waals surface area (Å²) in [6.45, 7) is 8.22. The number of benzene rings is 1. The topological polar surface area (TPSA) is 61.4 Å². The lowest BCUT2D eigenvalue weighted by Crippen LogP contribution is -2.34. The van der Waals surface area contributed by atoms with Gasteiger partial charge in [0.25, 0.3) is 5.91 Å². The monoisotopic (exact) mass is 276 g/mol. The highest BCUT2D eigenvalue weighted by molar-refractivity contribution is 5.94. The second-order valence-corrected chi connectivity index (χ2v) is 6.72. The summed E-state index contributed by atoms with van der Waals surface area (Å²) in [7, 11) is 0. The van der Waals surface area contributed by atoms with Crippen LogP contribution in [0.25, 0.3) is 0 Å². The van der Waals surface area contributed by atoms with Gasteiger partial charge in [-0.25, -0.2) is 0 Å². The molecule has 0 saturated heterocycles. The first kappa shape index (κ1) is 15.0. The zero-order valence-corrected chi connectivity index (χ0v) is 12.5. The second kappa shape index (κ2) is 5.94. The Morgan fingerprint density at radius 2 is 2.05 bits per heavy atom. The van der Waals surface area contributed by atoms with E-state index in [-0.39, 0.29) is 11.3 Å². The molecule has 3 N–H and O–H groups in total. The fourth-order valence-corrected chi connectivity index (χ4v) is 2.53. The van der Waals surface area contributed by atoms with Gasteiger partial charge in [-0.2, -0.15) is 0 Å². The fraction of sp³-hybridized carbons (Fsp3) is 0.562. The number of nitrogens with one attached hydrogen (secondary N) is 2. The molecular weight excluding hydrogens is 252 g/mol. The van der Waals surface area contributed by atoms with Gasteiger partial charge < -0.3 is 15.7 Å². The molecule has 0 spiro atoms. The van der Waals surface area contributed by atoms with Crippen LogP contribution in [0.3, 0.4) is 0 Å². The van der Waals surface area contributed by atoms with Crippen LogP contribution in [0, 0.1) is 5.41 Å². The molecule has 4 nitrogen and oxygen atoms in total. The molecular formula is C16H24N2O2. The van der Waals surface area contributed by atoms with Crippen molar-refractivity contribution in [2.75, 3.05) is 6.54 Å². The first-order valence-electron chi connectivity index (χ1n) is 7.14. The van der Waals surface area contributed by atoms with Gasteiger partial charge in [-0.05, 0) is 35.1 Å². The summed E-state index contributed by atoms with van der Waals surface area (Å²) < 4.78 is 0. The Labute approximate surface area is 120 Å². The van der Waals surface area contributed by atoms with Gasteiger partial charge >= 0.3 is 0 Å². The average Bonchev–Trinajstić information content (AvgIpc) is 2.80. The van der Waals surface area contributed by atoms with E-state index in [0.717, 1.165) is 13.1 Å². The molecule has 1 aliphatic heterocycles. The Balaban J connectivity index is 1.89. The minimum absolute atomic E-state index is 0.0589. The molecule has 20 heavy (non-hydrogen) atoms. The smallest absolute Gasteiger partial charge is 0.251 e. The van der Waals surface area contributed by atoms with Crippen molar-refractivity contribution in [3.63, 3.8) is 0 Å². The summed E-state index contributed by atoms with van der Waals surface area (Å²) in [5, 5.41) is 16.0. The van der Waals surface area contributed by atoms with Crippen LogP contribution in [0.2, 0.25) is 0 Å². The normalized spacial score (nSPS) is 15.8. The van der Waals surface area contributed by atoms with E-state index >= 15 is 0 Å². The number of aliphatic hydroxyl groups excluding tert-OH is 1. The van der Waals surface area contributed by atoms with Crippen LogP contribution in [-0.2, 0) is 13.1 Å². The van der Waals surface area contributed by atoms with E-state index in [1.165, 1.54) is 11.1 Å². The van der Waals surface area contributed by atoms with E-state index in [1.807, 2.05) is 18.2 Å². The molecule has 110 valence electrons. The maximum atomic E-state index is 12.1. The van der Waals surface area contributed by atoms with Gasteiger partial charge in [0.05, 0.1) is 6.10 Å². The number of amides is 1. The number of rotatable bonds is 4. The van der Waals surface area contributed by atoms with Gasteiger partial charge in [0.2, 0.25) is 0 Å². The molecule has 0 radical (unpaired) electrons. The third-order valence-electron chi connectivity index (χ3n) is 3.45. The third-order valence-corrected chi connectivity index (χ3v) is 3.45. The standard InChI is InChI=1S/C16H24N2O2/c1-16(2,3)7-14(19)10-18-15(20)11-4-5-12-8-17-9-13(12)6-11/h4-6,14,17,19H,7-10H2,1-3H3,(H,18,20). The lowest BCUT2D eigenvalue weighted by Gasteiger charge is -2.22. The predicted molar refractivity (Wildman–Crippen MR) is 79.4 cm³/mol. The largest absolute Gasteiger partial charge is 0.391 e. The Morgan fingerprint density at radius 1 is 1.35 bits per heavy atom. The fourth-order valence-electron chi connectivity index (χ4n) is 2.53. The van der Waals surface area contributed by atoms with Crippen molar-refractivity contribution >= 4 is 5.91 Å². The van der Waals surface area contributed by atoms with Gasteiger partial charge in [-0.1, -0.05) is 26.8 Å². The maximum Gasteiger partial charge on any atom is 0.251 e. The Morgan fingerprint density at radius 3 is 2.75 bits per heavy atom. The summed E-state index contributed by atoms with van der Waals surface area (Å²) in [4.78, 5) is 12.1. The highest BCUT2D eigenvalue weighted by atomic mass is 16.3. The zero-order valence-electron chi connectivity index (χ0n) is 12.5. The lowest BCUT2D eigenvalue weighted by atomic mass is 9.89. The van der Waals surface area contributed by atoms with Crippen molar-refractivity contribution in [2.45, 2.75) is 46.4 Å². The minimum Gasteiger partial charge on any atom is -0.391 e. The van der Waals surface area contributed by atoms with Crippen molar-refractivity contribution in [1.29, 1.82) is 0 Å². The third kappa shape index (κ3) is 4.05. The SMILES string of the molecule is CC(C)(C)CC(O)CNC(=O)c1ccc2c(c1)CNC2. The average molecular weight is 276 g/mol. The summed E-state index contributed by atoms with van der Waals surface area (Å²) in [5.41, 5.74) is 3.17. The Bertz CT molecular complexity index is 492. The molecule has 1 heterocycles. The van der Waals surface area contributed by atoms with Crippen LogP contribution in [0.4, 0.5) is 0 Å². The van der Waals surface area contributed by atoms with Crippen LogP contribution in [-0.4, -0.2) is 23.7 Å². The van der Waals surface area contributed by atoms with Crippen molar-refractivity contribution in [2.24, 2.45) is 5.41 Å². The number of aliphatic hydroxyl groups is 1. The van der Waals surface area contributed by atoms with Crippen molar-refractivity contribution in [3.8, 4) is 0 Å². The lowest BCUT2D eigenvalue weighted by molar-refractivity contribution is 0.0868. The Hall–Kier alpha value is -1.39. The number of hydrogen-bond donors (Lipinski definition) is 3. The first-order chi connectivity index (χ1) is 9.35. The molecule has 1 amide bonds. The molecule has 1 aromatic rings. The number of carbonyl (C=O) groups is 1. The summed E-state index contributed by atoms with van der Waals surface area (Å²) in [5.74, 6) is -0.118. The van der Waals surface area contributed by atoms with E-state index in [0.29, 0.717) is 18.5 Å². The van der Waals surface area contributed by atoms with E-state index in [4.69, 9.17) is 0 Å². The number of carbonyl (C=O) groups excluding carboxylic acids is 1. The second-order valence-electron chi connectivity index (χ2n) is 6.72. The summed E-state index contributed by atoms with van der Waals surface area (Å²) in [6, 6.07) is 5.77. The molecule has 1 aromatic carbocycles. The summed E-state index contributed by atoms with van der Waals surface area (Å²) in [6.07, 6.45) is 0.163. The molecule has 0 aliphatic carbocycles. The van der Waals surface area contributed by atoms with Crippen LogP contribution in [0.1, 0.15) is 48.7 Å². The van der Waals surface area contributed by atoms with Crippen molar-refractivity contribution in [3.05, 3.63) is 34.9 Å². The predicted octanol–water partition coefficient (Wildman–Crippen LogP) is 1.82. The van der Waals surface area contributed by atoms with Gasteiger partial charge in [-0.3, -0.25) is 4.79 Å². The molecule has 0 bridgehead atoms. The van der Waals surface area contributed by atoms with Crippen LogP contribution in [0.5, 0.6) is 0 Å². The van der Waals surface area contributed by atoms with Gasteiger partial charge in [0.1, 0.15) is 0 Å². The Kier molecular flexibility index (Phi) is 4.45. The minimum atomic E-state index is -0.505. The van der Waals surface area contributed by atoms with Crippen molar-refractivity contribution in [1.82, 2.24) is 10.6 Å². The zero-order chi connectivity index (χ0) is 14.8. The quantitative estimate of drug-likeness (QED) is 0.786. The molecule has 0 fully saturated rings. The number of fused-ring (bicyclic) bond motifs is 1. The van der Waals surface area contributed by atoms with Crippen LogP contribution >= 0.6 is 0 Å². The van der Waals surface area contributed by atoms with E-state index < -0.39 is 6.10 Å². The first-order valence-corrected chi connectivity index (χ1v) is 7.14. The van der Waals surface area contributed by atoms with Crippen molar-refractivity contribution < 1.29 is 9.90 Å². The molecule has 0 saturated carbocycles. The van der Waals surface area contributed by atoms with Crippen LogP contribution in [0.15, 0.2) is 18.2 Å². The highest BCUT2D eigenvalue weighted by Gasteiger charge is 2.18. The molecule has 1 atom stereocenters. The molecule has 1 aliphatic rings. The highest BCUT2D eigenvalue weighted by Crippen LogP contribution is 2.20. The maximum absolute atomic E-state index is 12.1.